The lowest BCUT2D eigenvalue weighted by Crippen LogP contribution is -2.42. The summed E-state index contributed by atoms with van der Waals surface area (Å²) in [4.78, 5) is 4.51. The number of nitrogens with one attached hydrogen (secondary N) is 2. The van der Waals surface area contributed by atoms with E-state index in [9.17, 15) is 18.6 Å². The van der Waals surface area contributed by atoms with Crippen molar-refractivity contribution in [3.05, 3.63) is 96.4 Å². The third-order valence-corrected chi connectivity index (χ3v) is 10.4. The lowest BCUT2D eigenvalue weighted by molar-refractivity contribution is 0.158. The Labute approximate surface area is 244 Å². The predicted octanol–water partition coefficient (Wildman–Crippen LogP) is 6.07. The molecule has 2 aromatic heterocycles. The first-order valence-electron chi connectivity index (χ1n) is 13.4. The molecule has 0 saturated heterocycles. The number of nitrogens with zero attached hydrogens (tertiary/aromatic N) is 2. The molecule has 0 aliphatic rings. The number of phenolic OH excluding ortho intramolecular Hbond substituents is 1. The number of anilines is 1. The lowest BCUT2D eigenvalue weighted by atomic mass is 9.99. The summed E-state index contributed by atoms with van der Waals surface area (Å²) in [5.74, 6) is -0.216. The quantitative estimate of drug-likeness (QED) is 0.139. The minimum Gasteiger partial charge on any atom is -0.506 e. The van der Waals surface area contributed by atoms with E-state index in [1.807, 2.05) is 67.1 Å². The molecular formula is C31H34N4O4S2. The van der Waals surface area contributed by atoms with Crippen LogP contribution in [-0.2, 0) is 16.6 Å². The number of rotatable bonds is 11. The van der Waals surface area contributed by atoms with Gasteiger partial charge in [-0.15, -0.1) is 11.3 Å². The van der Waals surface area contributed by atoms with Crippen molar-refractivity contribution in [1.82, 2.24) is 14.9 Å². The van der Waals surface area contributed by atoms with Crippen LogP contribution in [0.25, 0.3) is 21.3 Å². The number of aliphatic hydroxyl groups is 1. The summed E-state index contributed by atoms with van der Waals surface area (Å²) in [7, 11) is -3.95. The summed E-state index contributed by atoms with van der Waals surface area (Å²) in [6, 6.07) is 22.0. The van der Waals surface area contributed by atoms with Crippen LogP contribution in [0.15, 0.2) is 89.5 Å². The summed E-state index contributed by atoms with van der Waals surface area (Å²) >= 11 is 1.18. The third-order valence-electron chi connectivity index (χ3n) is 7.17. The van der Waals surface area contributed by atoms with Gasteiger partial charge in [0.1, 0.15) is 9.96 Å². The van der Waals surface area contributed by atoms with Crippen molar-refractivity contribution in [1.29, 1.82) is 0 Å². The van der Waals surface area contributed by atoms with Gasteiger partial charge in [-0.05, 0) is 61.9 Å². The molecule has 8 nitrogen and oxygen atoms in total. The standard InChI is InChI=1S/C31H34N4O4S2/c1-21-24-11-7-8-12-29(24)40-30(21)41(38,39)34-25-17-23(13-14-27(25)36)28(37)18-33-31(2,3)15-16-35-19-26(32-20-35)22-9-5-4-6-10-22/h4-14,17,19-20,28,33-34,36-37H,15-16,18H2,1-3H3. The summed E-state index contributed by atoms with van der Waals surface area (Å²) in [6.07, 6.45) is 3.73. The van der Waals surface area contributed by atoms with Gasteiger partial charge in [0.15, 0.2) is 0 Å². The molecular weight excluding hydrogens is 556 g/mol. The van der Waals surface area contributed by atoms with Gasteiger partial charge in [-0.25, -0.2) is 13.4 Å². The van der Waals surface area contributed by atoms with Gasteiger partial charge in [0.25, 0.3) is 10.0 Å². The highest BCUT2D eigenvalue weighted by Crippen LogP contribution is 2.36. The fourth-order valence-corrected chi connectivity index (χ4v) is 7.50. The lowest BCUT2D eigenvalue weighted by Gasteiger charge is -2.28. The van der Waals surface area contributed by atoms with Gasteiger partial charge in [0, 0.05) is 35.1 Å². The molecule has 0 amide bonds. The highest BCUT2D eigenvalue weighted by Gasteiger charge is 2.24. The van der Waals surface area contributed by atoms with Crippen molar-refractivity contribution in [2.24, 2.45) is 0 Å². The maximum atomic E-state index is 13.3. The van der Waals surface area contributed by atoms with E-state index in [2.05, 4.69) is 33.4 Å². The SMILES string of the molecule is Cc1c(S(=O)(=O)Nc2cc(C(O)CNC(C)(C)CCn3cnc(-c4ccccc4)c3)ccc2O)sc2ccccc12. The van der Waals surface area contributed by atoms with Gasteiger partial charge in [-0.1, -0.05) is 54.6 Å². The van der Waals surface area contributed by atoms with Crippen molar-refractivity contribution >= 4 is 37.1 Å². The summed E-state index contributed by atoms with van der Waals surface area (Å²) in [6.45, 7) is 6.91. The van der Waals surface area contributed by atoms with Crippen molar-refractivity contribution in [3.63, 3.8) is 0 Å². The molecule has 41 heavy (non-hydrogen) atoms. The molecule has 4 N–H and O–H groups in total. The number of hydrogen-bond acceptors (Lipinski definition) is 7. The van der Waals surface area contributed by atoms with Gasteiger partial charge < -0.3 is 20.1 Å². The number of aromatic nitrogens is 2. The zero-order valence-corrected chi connectivity index (χ0v) is 24.8. The van der Waals surface area contributed by atoms with Crippen LogP contribution in [0, 0.1) is 6.92 Å². The number of aromatic hydroxyl groups is 1. The Hall–Kier alpha value is -3.70. The maximum absolute atomic E-state index is 13.3. The van der Waals surface area contributed by atoms with Crippen LogP contribution >= 0.6 is 11.3 Å². The van der Waals surface area contributed by atoms with E-state index in [4.69, 9.17) is 0 Å². The molecule has 0 aliphatic heterocycles. The molecule has 5 rings (SSSR count). The van der Waals surface area contributed by atoms with Crippen molar-refractivity contribution < 1.29 is 18.6 Å². The van der Waals surface area contributed by atoms with Crippen LogP contribution in [0.4, 0.5) is 5.69 Å². The molecule has 0 aliphatic carbocycles. The van der Waals surface area contributed by atoms with Crippen LogP contribution < -0.4 is 10.0 Å². The number of phenols is 1. The predicted molar refractivity (Wildman–Crippen MR) is 165 cm³/mol. The maximum Gasteiger partial charge on any atom is 0.271 e. The number of aliphatic hydroxyl groups excluding tert-OH is 1. The number of benzene rings is 3. The topological polar surface area (TPSA) is 116 Å². The molecule has 0 saturated carbocycles. The van der Waals surface area contributed by atoms with Crippen molar-refractivity contribution in [2.45, 2.75) is 49.6 Å². The van der Waals surface area contributed by atoms with Crippen molar-refractivity contribution in [2.75, 3.05) is 11.3 Å². The third kappa shape index (κ3) is 6.62. The second-order valence-electron chi connectivity index (χ2n) is 10.8. The monoisotopic (exact) mass is 590 g/mol. The zero-order chi connectivity index (χ0) is 29.2. The second kappa shape index (κ2) is 11.7. The van der Waals surface area contributed by atoms with E-state index >= 15 is 0 Å². The summed E-state index contributed by atoms with van der Waals surface area (Å²) < 4.78 is 32.2. The first-order valence-corrected chi connectivity index (χ1v) is 15.7. The molecule has 5 aromatic rings. The highest BCUT2D eigenvalue weighted by atomic mass is 32.2. The molecule has 0 radical (unpaired) electrons. The average molecular weight is 591 g/mol. The van der Waals surface area contributed by atoms with Crippen LogP contribution in [-0.4, -0.2) is 40.3 Å². The van der Waals surface area contributed by atoms with Gasteiger partial charge >= 0.3 is 0 Å². The van der Waals surface area contributed by atoms with Gasteiger partial charge in [0.05, 0.1) is 23.8 Å². The normalized spacial score (nSPS) is 13.0. The highest BCUT2D eigenvalue weighted by molar-refractivity contribution is 7.95. The number of fused-ring (bicyclic) bond motifs is 1. The van der Waals surface area contributed by atoms with Gasteiger partial charge in [0.2, 0.25) is 0 Å². The Bertz CT molecular complexity index is 1760. The molecule has 3 aromatic carbocycles. The Morgan fingerprint density at radius 2 is 1.78 bits per heavy atom. The Balaban J connectivity index is 1.21. The molecule has 1 unspecified atom stereocenters. The number of imidazole rings is 1. The molecule has 1 atom stereocenters. The molecule has 0 bridgehead atoms. The van der Waals surface area contributed by atoms with Gasteiger partial charge in [-0.3, -0.25) is 4.72 Å². The fraction of sp³-hybridized carbons (Fsp3) is 0.258. The second-order valence-corrected chi connectivity index (χ2v) is 13.7. The largest absolute Gasteiger partial charge is 0.506 e. The van der Waals surface area contributed by atoms with Crippen molar-refractivity contribution in [3.8, 4) is 17.0 Å². The number of aryl methyl sites for hydroxylation is 2. The van der Waals surface area contributed by atoms with Crippen LogP contribution in [0.5, 0.6) is 5.75 Å². The molecule has 10 heteroatoms. The zero-order valence-electron chi connectivity index (χ0n) is 23.2. The molecule has 214 valence electrons. The molecule has 0 spiro atoms. The van der Waals surface area contributed by atoms with Crippen LogP contribution in [0.2, 0.25) is 0 Å². The van der Waals surface area contributed by atoms with E-state index in [1.54, 1.807) is 13.0 Å². The summed E-state index contributed by atoms with van der Waals surface area (Å²) in [5, 5.41) is 25.6. The van der Waals surface area contributed by atoms with Crippen LogP contribution in [0.3, 0.4) is 0 Å². The molecule has 2 heterocycles. The van der Waals surface area contributed by atoms with E-state index in [1.165, 1.54) is 23.5 Å². The Kier molecular flexibility index (Phi) is 8.19. The number of hydrogen-bond donors (Lipinski definition) is 4. The first-order chi connectivity index (χ1) is 19.5. The minimum absolute atomic E-state index is 0.0204. The Morgan fingerprint density at radius 1 is 1.05 bits per heavy atom. The van der Waals surface area contributed by atoms with E-state index in [0.717, 1.165) is 34.3 Å². The smallest absolute Gasteiger partial charge is 0.271 e. The number of β-amino-alcohol motifs (C(OH)–C–C–N with tert-alkyl or cyclic N) is 1. The van der Waals surface area contributed by atoms with E-state index in [0.29, 0.717) is 11.1 Å². The first kappa shape index (κ1) is 28.8. The minimum atomic E-state index is -3.95. The molecule has 0 fully saturated rings. The van der Waals surface area contributed by atoms with E-state index in [-0.39, 0.29) is 27.7 Å². The average Bonchev–Trinajstić information content (AvgIpc) is 3.58. The number of thiophene rings is 1. The Morgan fingerprint density at radius 3 is 2.54 bits per heavy atom. The van der Waals surface area contributed by atoms with Crippen LogP contribution in [0.1, 0.15) is 37.5 Å². The fourth-order valence-electron chi connectivity index (χ4n) is 4.67. The van der Waals surface area contributed by atoms with E-state index < -0.39 is 16.1 Å². The summed E-state index contributed by atoms with van der Waals surface area (Å²) in [5.41, 5.74) is 2.87. The number of sulfonamides is 1. The van der Waals surface area contributed by atoms with Gasteiger partial charge in [-0.2, -0.15) is 0 Å².